The Morgan fingerprint density at radius 2 is 2.00 bits per heavy atom. The average molecular weight is 363 g/mol. The molecular formula is C19H21N7O. The van der Waals surface area contributed by atoms with E-state index in [2.05, 4.69) is 32.1 Å². The number of pyridine rings is 1. The minimum absolute atomic E-state index is 0.156. The normalized spacial score (nSPS) is 14.2. The van der Waals surface area contributed by atoms with Crippen molar-refractivity contribution in [3.63, 3.8) is 0 Å². The molecule has 0 spiro atoms. The lowest BCUT2D eigenvalue weighted by Gasteiger charge is -2.28. The van der Waals surface area contributed by atoms with Crippen LogP contribution in [0.15, 0.2) is 35.5 Å². The Kier molecular flexibility index (Phi) is 4.85. The third-order valence-electron chi connectivity index (χ3n) is 4.63. The molecule has 4 rings (SSSR count). The number of rotatable bonds is 4. The average Bonchev–Trinajstić information content (AvgIpc) is 3.09. The number of hydrogen-bond donors (Lipinski definition) is 1. The molecule has 138 valence electrons. The predicted octanol–water partition coefficient (Wildman–Crippen LogP) is 0.469. The minimum Gasteiger partial charge on any atom is -0.340 e. The van der Waals surface area contributed by atoms with Gasteiger partial charge in [0, 0.05) is 38.6 Å². The maximum atomic E-state index is 13.2. The van der Waals surface area contributed by atoms with Gasteiger partial charge in [0.05, 0.1) is 19.3 Å². The van der Waals surface area contributed by atoms with Crippen LogP contribution in [0.3, 0.4) is 0 Å². The molecule has 1 aliphatic rings. The van der Waals surface area contributed by atoms with Gasteiger partial charge in [0.1, 0.15) is 11.0 Å². The predicted molar refractivity (Wildman–Crippen MR) is 104 cm³/mol. The van der Waals surface area contributed by atoms with E-state index in [1.54, 1.807) is 25.5 Å². The first kappa shape index (κ1) is 17.2. The SMILES string of the molecule is CC#CCn1c(N2CCNCC2)nc2cnn(Cc3ccncc3)c(=O)c21. The van der Waals surface area contributed by atoms with Crippen LogP contribution in [0.4, 0.5) is 5.95 Å². The third kappa shape index (κ3) is 3.41. The molecule has 27 heavy (non-hydrogen) atoms. The number of imidazole rings is 1. The number of nitrogens with one attached hydrogen (secondary N) is 1. The number of hydrogen-bond acceptors (Lipinski definition) is 6. The summed E-state index contributed by atoms with van der Waals surface area (Å²) in [5.74, 6) is 6.77. The van der Waals surface area contributed by atoms with E-state index in [9.17, 15) is 4.79 Å². The first-order chi connectivity index (χ1) is 13.3. The van der Waals surface area contributed by atoms with E-state index in [0.717, 1.165) is 37.7 Å². The zero-order chi connectivity index (χ0) is 18.6. The Hall–Kier alpha value is -3.18. The van der Waals surface area contributed by atoms with Crippen LogP contribution in [0.25, 0.3) is 11.0 Å². The highest BCUT2D eigenvalue weighted by atomic mass is 16.1. The molecule has 0 aliphatic carbocycles. The van der Waals surface area contributed by atoms with Gasteiger partial charge in [0.25, 0.3) is 5.56 Å². The zero-order valence-electron chi connectivity index (χ0n) is 15.2. The molecule has 3 aromatic heterocycles. The van der Waals surface area contributed by atoms with Crippen molar-refractivity contribution >= 4 is 17.0 Å². The zero-order valence-corrected chi connectivity index (χ0v) is 15.2. The van der Waals surface area contributed by atoms with Crippen LogP contribution in [0.1, 0.15) is 12.5 Å². The molecule has 0 radical (unpaired) electrons. The summed E-state index contributed by atoms with van der Waals surface area (Å²) in [4.78, 5) is 24.1. The fraction of sp³-hybridized carbons (Fsp3) is 0.368. The Morgan fingerprint density at radius 1 is 1.22 bits per heavy atom. The maximum absolute atomic E-state index is 13.2. The van der Waals surface area contributed by atoms with Gasteiger partial charge in [-0.15, -0.1) is 5.92 Å². The molecule has 1 saturated heterocycles. The van der Waals surface area contributed by atoms with Gasteiger partial charge in [-0.05, 0) is 24.6 Å². The van der Waals surface area contributed by atoms with Crippen molar-refractivity contribution in [2.45, 2.75) is 20.0 Å². The largest absolute Gasteiger partial charge is 0.340 e. The highest BCUT2D eigenvalue weighted by Crippen LogP contribution is 2.20. The van der Waals surface area contributed by atoms with Crippen LogP contribution in [0.2, 0.25) is 0 Å². The van der Waals surface area contributed by atoms with Crippen LogP contribution >= 0.6 is 0 Å². The molecule has 0 saturated carbocycles. The van der Waals surface area contributed by atoms with Crippen LogP contribution in [-0.2, 0) is 13.1 Å². The maximum Gasteiger partial charge on any atom is 0.293 e. The van der Waals surface area contributed by atoms with E-state index in [1.807, 2.05) is 16.7 Å². The van der Waals surface area contributed by atoms with E-state index in [-0.39, 0.29) is 5.56 Å². The van der Waals surface area contributed by atoms with Gasteiger partial charge in [-0.2, -0.15) is 5.10 Å². The Labute approximate surface area is 156 Å². The van der Waals surface area contributed by atoms with E-state index in [0.29, 0.717) is 24.1 Å². The molecule has 3 aromatic rings. The Morgan fingerprint density at radius 3 is 2.74 bits per heavy atom. The summed E-state index contributed by atoms with van der Waals surface area (Å²) in [5.41, 5.74) is 1.98. The molecule has 4 heterocycles. The standard InChI is InChI=1S/C19H21N7O/c1-2-3-10-25-17-16(23-19(25)24-11-8-21-9-12-24)13-22-26(18(17)27)14-15-4-6-20-7-5-15/h4-7,13,21H,8-12,14H2,1H3. The molecule has 0 bridgehead atoms. The summed E-state index contributed by atoms with van der Waals surface area (Å²) in [7, 11) is 0. The smallest absolute Gasteiger partial charge is 0.293 e. The molecule has 0 atom stereocenters. The van der Waals surface area contributed by atoms with Crippen molar-refractivity contribution in [2.75, 3.05) is 31.1 Å². The van der Waals surface area contributed by atoms with Crippen molar-refractivity contribution in [3.05, 3.63) is 46.6 Å². The first-order valence-corrected chi connectivity index (χ1v) is 8.98. The Balaban J connectivity index is 1.81. The van der Waals surface area contributed by atoms with E-state index < -0.39 is 0 Å². The molecule has 1 aliphatic heterocycles. The molecular weight excluding hydrogens is 342 g/mol. The van der Waals surface area contributed by atoms with Gasteiger partial charge in [0.15, 0.2) is 0 Å². The minimum atomic E-state index is -0.156. The lowest BCUT2D eigenvalue weighted by Crippen LogP contribution is -2.44. The molecule has 8 heteroatoms. The number of fused-ring (bicyclic) bond motifs is 1. The molecule has 1 fully saturated rings. The summed E-state index contributed by atoms with van der Waals surface area (Å²) < 4.78 is 3.39. The lowest BCUT2D eigenvalue weighted by molar-refractivity contribution is 0.572. The second-order valence-electron chi connectivity index (χ2n) is 6.36. The second kappa shape index (κ2) is 7.60. The van der Waals surface area contributed by atoms with E-state index in [4.69, 9.17) is 4.98 Å². The molecule has 0 aromatic carbocycles. The van der Waals surface area contributed by atoms with Gasteiger partial charge >= 0.3 is 0 Å². The van der Waals surface area contributed by atoms with Crippen LogP contribution in [-0.4, -0.2) is 50.5 Å². The van der Waals surface area contributed by atoms with Crippen molar-refractivity contribution in [3.8, 4) is 11.8 Å². The molecule has 0 unspecified atom stereocenters. The van der Waals surface area contributed by atoms with Gasteiger partial charge in [-0.25, -0.2) is 9.67 Å². The number of anilines is 1. The van der Waals surface area contributed by atoms with Gasteiger partial charge in [0.2, 0.25) is 5.95 Å². The number of nitrogens with zero attached hydrogens (tertiary/aromatic N) is 6. The van der Waals surface area contributed by atoms with Gasteiger partial charge < -0.3 is 10.2 Å². The lowest BCUT2D eigenvalue weighted by atomic mass is 10.3. The third-order valence-corrected chi connectivity index (χ3v) is 4.63. The fourth-order valence-corrected chi connectivity index (χ4v) is 3.26. The van der Waals surface area contributed by atoms with Crippen LogP contribution in [0, 0.1) is 11.8 Å². The van der Waals surface area contributed by atoms with Crippen molar-refractivity contribution in [1.82, 2.24) is 29.6 Å². The summed E-state index contributed by atoms with van der Waals surface area (Å²) in [5, 5.41) is 7.66. The van der Waals surface area contributed by atoms with E-state index >= 15 is 0 Å². The highest BCUT2D eigenvalue weighted by molar-refractivity contribution is 5.77. The highest BCUT2D eigenvalue weighted by Gasteiger charge is 2.21. The van der Waals surface area contributed by atoms with E-state index in [1.165, 1.54) is 4.68 Å². The first-order valence-electron chi connectivity index (χ1n) is 8.98. The van der Waals surface area contributed by atoms with Crippen molar-refractivity contribution in [2.24, 2.45) is 0 Å². The Bertz CT molecular complexity index is 1050. The monoisotopic (exact) mass is 363 g/mol. The van der Waals surface area contributed by atoms with Crippen molar-refractivity contribution < 1.29 is 0 Å². The second-order valence-corrected chi connectivity index (χ2v) is 6.36. The van der Waals surface area contributed by atoms with Crippen molar-refractivity contribution in [1.29, 1.82) is 0 Å². The summed E-state index contributed by atoms with van der Waals surface area (Å²) in [6.45, 7) is 6.11. The molecule has 1 N–H and O–H groups in total. The topological polar surface area (TPSA) is 80.9 Å². The summed E-state index contributed by atoms with van der Waals surface area (Å²) >= 11 is 0. The molecule has 8 nitrogen and oxygen atoms in total. The van der Waals surface area contributed by atoms with Crippen LogP contribution in [0.5, 0.6) is 0 Å². The fourth-order valence-electron chi connectivity index (χ4n) is 3.26. The summed E-state index contributed by atoms with van der Waals surface area (Å²) in [6, 6.07) is 3.76. The van der Waals surface area contributed by atoms with Gasteiger partial charge in [-0.1, -0.05) is 5.92 Å². The van der Waals surface area contributed by atoms with Crippen LogP contribution < -0.4 is 15.8 Å². The molecule has 0 amide bonds. The number of aromatic nitrogens is 5. The quantitative estimate of drug-likeness (QED) is 0.679. The summed E-state index contributed by atoms with van der Waals surface area (Å²) in [6.07, 6.45) is 5.09. The van der Waals surface area contributed by atoms with Gasteiger partial charge in [-0.3, -0.25) is 14.3 Å². The number of piperazine rings is 1.